The quantitative estimate of drug-likeness (QED) is 0.696. The van der Waals surface area contributed by atoms with Gasteiger partial charge in [0, 0.05) is 25.4 Å². The van der Waals surface area contributed by atoms with E-state index in [-0.39, 0.29) is 17.2 Å². The SMILES string of the molecule is CC(C)Cc1nnc(NC(=O)C2CCN(S(=O)(=O)c3ccc(C(C)(C)C)cc3)CC2)s1. The Hall–Kier alpha value is -1.84. The third-order valence-electron chi connectivity index (χ3n) is 5.46. The molecule has 2 heterocycles. The van der Waals surface area contributed by atoms with E-state index >= 15 is 0 Å². The molecule has 2 aromatic rings. The Labute approximate surface area is 189 Å². The van der Waals surface area contributed by atoms with E-state index in [1.807, 2.05) is 12.1 Å². The maximum absolute atomic E-state index is 13.0. The lowest BCUT2D eigenvalue weighted by atomic mass is 9.87. The largest absolute Gasteiger partial charge is 0.300 e. The Balaban J connectivity index is 1.58. The summed E-state index contributed by atoms with van der Waals surface area (Å²) in [6.45, 7) is 11.2. The van der Waals surface area contributed by atoms with Crippen molar-refractivity contribution in [3.05, 3.63) is 34.8 Å². The van der Waals surface area contributed by atoms with Crippen LogP contribution in [0.2, 0.25) is 0 Å². The summed E-state index contributed by atoms with van der Waals surface area (Å²) < 4.78 is 27.5. The van der Waals surface area contributed by atoms with Crippen molar-refractivity contribution in [1.29, 1.82) is 0 Å². The van der Waals surface area contributed by atoms with Crippen LogP contribution in [0.15, 0.2) is 29.2 Å². The predicted octanol–water partition coefficient (Wildman–Crippen LogP) is 4.07. The first kappa shape index (κ1) is 23.8. The van der Waals surface area contributed by atoms with Crippen molar-refractivity contribution in [3.63, 3.8) is 0 Å². The van der Waals surface area contributed by atoms with Crippen LogP contribution in [0.5, 0.6) is 0 Å². The molecule has 0 spiro atoms. The number of carbonyl (C=O) groups is 1. The van der Waals surface area contributed by atoms with Gasteiger partial charge in [0.15, 0.2) is 0 Å². The molecule has 0 radical (unpaired) electrons. The van der Waals surface area contributed by atoms with Crippen LogP contribution in [0.1, 0.15) is 58.0 Å². The summed E-state index contributed by atoms with van der Waals surface area (Å²) >= 11 is 1.40. The summed E-state index contributed by atoms with van der Waals surface area (Å²) in [5, 5.41) is 12.4. The van der Waals surface area contributed by atoms with Crippen LogP contribution >= 0.6 is 11.3 Å². The molecule has 1 saturated heterocycles. The van der Waals surface area contributed by atoms with Crippen molar-refractivity contribution in [2.24, 2.45) is 11.8 Å². The highest BCUT2D eigenvalue weighted by atomic mass is 32.2. The molecule has 1 N–H and O–H groups in total. The fourth-order valence-corrected chi connectivity index (χ4v) is 6.00. The maximum Gasteiger partial charge on any atom is 0.243 e. The molecule has 1 amide bonds. The van der Waals surface area contributed by atoms with Gasteiger partial charge in [-0.05, 0) is 41.9 Å². The number of benzene rings is 1. The molecular formula is C22H32N4O3S2. The second-order valence-corrected chi connectivity index (χ2v) is 12.5. The molecule has 1 aromatic heterocycles. The van der Waals surface area contributed by atoms with Crippen molar-refractivity contribution >= 4 is 32.4 Å². The van der Waals surface area contributed by atoms with Crippen molar-refractivity contribution < 1.29 is 13.2 Å². The molecule has 3 rings (SSSR count). The Morgan fingerprint density at radius 3 is 2.32 bits per heavy atom. The standard InChI is InChI=1S/C22H32N4O3S2/c1-15(2)14-19-24-25-21(30-19)23-20(27)16-10-12-26(13-11-16)31(28,29)18-8-6-17(7-9-18)22(3,4)5/h6-9,15-16H,10-14H2,1-5H3,(H,23,25,27). The van der Waals surface area contributed by atoms with E-state index in [4.69, 9.17) is 0 Å². The topological polar surface area (TPSA) is 92.3 Å². The summed E-state index contributed by atoms with van der Waals surface area (Å²) in [6, 6.07) is 7.11. The zero-order valence-corrected chi connectivity index (χ0v) is 20.5. The van der Waals surface area contributed by atoms with Crippen LogP contribution in [0.25, 0.3) is 0 Å². The van der Waals surface area contributed by atoms with Crippen molar-refractivity contribution in [2.45, 2.75) is 64.2 Å². The van der Waals surface area contributed by atoms with Gasteiger partial charge in [-0.2, -0.15) is 4.31 Å². The van der Waals surface area contributed by atoms with E-state index in [9.17, 15) is 13.2 Å². The van der Waals surface area contributed by atoms with Gasteiger partial charge in [-0.3, -0.25) is 4.79 Å². The monoisotopic (exact) mass is 464 g/mol. The molecule has 0 bridgehead atoms. The molecule has 170 valence electrons. The third kappa shape index (κ3) is 5.90. The summed E-state index contributed by atoms with van der Waals surface area (Å²) in [4.78, 5) is 12.9. The van der Waals surface area contributed by atoms with E-state index in [1.165, 1.54) is 15.6 Å². The Morgan fingerprint density at radius 1 is 1.16 bits per heavy atom. The molecule has 9 heteroatoms. The van der Waals surface area contributed by atoms with Crippen LogP contribution in [0.3, 0.4) is 0 Å². The van der Waals surface area contributed by atoms with Gasteiger partial charge >= 0.3 is 0 Å². The summed E-state index contributed by atoms with van der Waals surface area (Å²) in [5.41, 5.74) is 1.06. The zero-order valence-electron chi connectivity index (χ0n) is 18.9. The molecule has 1 aliphatic rings. The summed E-state index contributed by atoms with van der Waals surface area (Å²) in [6.07, 6.45) is 1.81. The average Bonchev–Trinajstić information content (AvgIpc) is 3.13. The number of aromatic nitrogens is 2. The predicted molar refractivity (Wildman–Crippen MR) is 124 cm³/mol. The van der Waals surface area contributed by atoms with Gasteiger partial charge in [0.2, 0.25) is 21.1 Å². The highest BCUT2D eigenvalue weighted by molar-refractivity contribution is 7.89. The van der Waals surface area contributed by atoms with Crippen LogP contribution in [0, 0.1) is 11.8 Å². The van der Waals surface area contributed by atoms with E-state index in [1.54, 1.807) is 12.1 Å². The number of hydrogen-bond acceptors (Lipinski definition) is 6. The highest BCUT2D eigenvalue weighted by Gasteiger charge is 2.32. The fourth-order valence-electron chi connectivity index (χ4n) is 3.58. The molecule has 0 unspecified atom stereocenters. The number of hydrogen-bond donors (Lipinski definition) is 1. The number of anilines is 1. The smallest absolute Gasteiger partial charge is 0.243 e. The minimum Gasteiger partial charge on any atom is -0.300 e. The van der Waals surface area contributed by atoms with Gasteiger partial charge in [-0.15, -0.1) is 10.2 Å². The first-order valence-electron chi connectivity index (χ1n) is 10.7. The van der Waals surface area contributed by atoms with Crippen molar-refractivity contribution in [1.82, 2.24) is 14.5 Å². The molecule has 0 aliphatic carbocycles. The lowest BCUT2D eigenvalue weighted by Gasteiger charge is -2.30. The fraction of sp³-hybridized carbons (Fsp3) is 0.591. The Morgan fingerprint density at radius 2 is 1.77 bits per heavy atom. The van der Waals surface area contributed by atoms with Gasteiger partial charge < -0.3 is 5.32 Å². The van der Waals surface area contributed by atoms with E-state index in [0.717, 1.165) is 17.0 Å². The van der Waals surface area contributed by atoms with Gasteiger partial charge in [0.25, 0.3) is 0 Å². The first-order chi connectivity index (χ1) is 14.5. The molecule has 1 fully saturated rings. The Bertz CT molecular complexity index is 1000. The molecule has 0 saturated carbocycles. The number of sulfonamides is 1. The number of rotatable bonds is 6. The number of amides is 1. The third-order valence-corrected chi connectivity index (χ3v) is 8.24. The van der Waals surface area contributed by atoms with Gasteiger partial charge in [0.1, 0.15) is 5.01 Å². The number of carbonyl (C=O) groups excluding carboxylic acids is 1. The van der Waals surface area contributed by atoms with Crippen molar-refractivity contribution in [2.75, 3.05) is 18.4 Å². The minimum absolute atomic E-state index is 0.0313. The Kier molecular flexibility index (Phi) is 7.18. The summed E-state index contributed by atoms with van der Waals surface area (Å²) in [7, 11) is -3.56. The number of nitrogens with one attached hydrogen (secondary N) is 1. The number of piperidine rings is 1. The average molecular weight is 465 g/mol. The van der Waals surface area contributed by atoms with Crippen LogP contribution in [-0.4, -0.2) is 41.9 Å². The number of nitrogens with zero attached hydrogens (tertiary/aromatic N) is 3. The zero-order chi connectivity index (χ0) is 22.8. The first-order valence-corrected chi connectivity index (χ1v) is 13.0. The van der Waals surface area contributed by atoms with E-state index in [0.29, 0.717) is 41.9 Å². The molecule has 0 atom stereocenters. The van der Waals surface area contributed by atoms with Crippen LogP contribution in [-0.2, 0) is 26.7 Å². The highest BCUT2D eigenvalue weighted by Crippen LogP contribution is 2.28. The van der Waals surface area contributed by atoms with Gasteiger partial charge in [-0.1, -0.05) is 58.1 Å². The molecule has 1 aromatic carbocycles. The second kappa shape index (κ2) is 9.34. The van der Waals surface area contributed by atoms with Crippen LogP contribution < -0.4 is 5.32 Å². The molecular weight excluding hydrogens is 432 g/mol. The van der Waals surface area contributed by atoms with Crippen LogP contribution in [0.4, 0.5) is 5.13 Å². The van der Waals surface area contributed by atoms with Gasteiger partial charge in [-0.25, -0.2) is 8.42 Å². The molecule has 1 aliphatic heterocycles. The van der Waals surface area contributed by atoms with E-state index in [2.05, 4.69) is 50.1 Å². The van der Waals surface area contributed by atoms with Gasteiger partial charge in [0.05, 0.1) is 4.90 Å². The summed E-state index contributed by atoms with van der Waals surface area (Å²) in [5.74, 6) is 0.137. The minimum atomic E-state index is -3.56. The molecule has 7 nitrogen and oxygen atoms in total. The van der Waals surface area contributed by atoms with Crippen molar-refractivity contribution in [3.8, 4) is 0 Å². The second-order valence-electron chi connectivity index (χ2n) is 9.54. The lowest BCUT2D eigenvalue weighted by Crippen LogP contribution is -2.41. The maximum atomic E-state index is 13.0. The van der Waals surface area contributed by atoms with E-state index < -0.39 is 10.0 Å². The normalized spacial score (nSPS) is 16.6. The lowest BCUT2D eigenvalue weighted by molar-refractivity contribution is -0.120. The molecule has 31 heavy (non-hydrogen) atoms.